The molecular formula is C28H30N6O7. The lowest BCUT2D eigenvalue weighted by Crippen LogP contribution is -2.20. The van der Waals surface area contributed by atoms with E-state index in [0.717, 1.165) is 43.9 Å². The molecule has 13 heteroatoms. The Morgan fingerprint density at radius 1 is 1.00 bits per heavy atom. The molecule has 0 bridgehead atoms. The largest absolute Gasteiger partial charge is 0.462 e. The van der Waals surface area contributed by atoms with Crippen LogP contribution in [0.1, 0.15) is 67.2 Å². The van der Waals surface area contributed by atoms with Gasteiger partial charge in [0.2, 0.25) is 0 Å². The Kier molecular flexibility index (Phi) is 8.85. The Morgan fingerprint density at radius 3 is 2.20 bits per heavy atom. The maximum atomic E-state index is 13.5. The first-order chi connectivity index (χ1) is 19.7. The van der Waals surface area contributed by atoms with Gasteiger partial charge in [0, 0.05) is 18.7 Å². The molecule has 41 heavy (non-hydrogen) atoms. The summed E-state index contributed by atoms with van der Waals surface area (Å²) in [5.74, 6) is -1.38. The van der Waals surface area contributed by atoms with Crippen LogP contribution in [0, 0.1) is 26.1 Å². The second-order valence-electron chi connectivity index (χ2n) is 9.56. The number of esters is 1. The number of nitrogens with zero attached hydrogens (tertiary/aromatic N) is 5. The first-order valence-corrected chi connectivity index (χ1v) is 13.4. The topological polar surface area (TPSA) is 172 Å². The summed E-state index contributed by atoms with van der Waals surface area (Å²) >= 11 is 0. The average Bonchev–Trinajstić information content (AvgIpc) is 3.24. The van der Waals surface area contributed by atoms with Gasteiger partial charge in [0.05, 0.1) is 39.1 Å². The Hall–Kier alpha value is -4.94. The molecular weight excluding hydrogens is 532 g/mol. The Morgan fingerprint density at radius 2 is 1.63 bits per heavy atom. The zero-order valence-corrected chi connectivity index (χ0v) is 23.0. The monoisotopic (exact) mass is 562 g/mol. The van der Waals surface area contributed by atoms with E-state index in [0.29, 0.717) is 23.2 Å². The van der Waals surface area contributed by atoms with Crippen LogP contribution in [0.5, 0.6) is 0 Å². The van der Waals surface area contributed by atoms with Gasteiger partial charge in [-0.1, -0.05) is 45.2 Å². The van der Waals surface area contributed by atoms with Crippen molar-refractivity contribution in [1.29, 1.82) is 0 Å². The third-order valence-corrected chi connectivity index (χ3v) is 6.83. The lowest BCUT2D eigenvalue weighted by molar-refractivity contribution is -0.394. The molecule has 2 heterocycles. The van der Waals surface area contributed by atoms with E-state index in [4.69, 9.17) is 14.7 Å². The van der Waals surface area contributed by atoms with Gasteiger partial charge < -0.3 is 14.6 Å². The summed E-state index contributed by atoms with van der Waals surface area (Å²) in [5, 5.41) is 25.5. The number of ether oxygens (including phenoxy) is 1. The SMILES string of the molecule is CCCC[C@@H](CC)Cn1c(NC(=O)c2cc([N+](=O)[O-])cc([N+](=O)[O-])c2)c(C(=O)OCC)c2nc3ccccc3nc21. The summed E-state index contributed by atoms with van der Waals surface area (Å²) < 4.78 is 7.05. The van der Waals surface area contributed by atoms with Crippen LogP contribution in [0.15, 0.2) is 42.5 Å². The molecule has 0 aliphatic rings. The van der Waals surface area contributed by atoms with E-state index in [9.17, 15) is 29.8 Å². The summed E-state index contributed by atoms with van der Waals surface area (Å²) in [6.07, 6.45) is 3.69. The lowest BCUT2D eigenvalue weighted by atomic mass is 9.99. The molecule has 4 aromatic rings. The Balaban J connectivity index is 1.95. The van der Waals surface area contributed by atoms with Crippen LogP contribution in [0.3, 0.4) is 0 Å². The third-order valence-electron chi connectivity index (χ3n) is 6.83. The number of amides is 1. The molecule has 0 saturated carbocycles. The molecule has 1 N–H and O–H groups in total. The molecule has 0 unspecified atom stereocenters. The second-order valence-corrected chi connectivity index (χ2v) is 9.56. The highest BCUT2D eigenvalue weighted by molar-refractivity contribution is 6.14. The number of para-hydroxylation sites is 2. The molecule has 2 aromatic carbocycles. The van der Waals surface area contributed by atoms with Gasteiger partial charge >= 0.3 is 5.97 Å². The summed E-state index contributed by atoms with van der Waals surface area (Å²) in [4.78, 5) is 57.5. The predicted octanol–water partition coefficient (Wildman–Crippen LogP) is 6.05. The van der Waals surface area contributed by atoms with Crippen molar-refractivity contribution in [1.82, 2.24) is 14.5 Å². The van der Waals surface area contributed by atoms with Crippen molar-refractivity contribution in [3.63, 3.8) is 0 Å². The van der Waals surface area contributed by atoms with Gasteiger partial charge in [-0.2, -0.15) is 0 Å². The first-order valence-electron chi connectivity index (χ1n) is 13.4. The van der Waals surface area contributed by atoms with Gasteiger partial charge in [0.15, 0.2) is 5.65 Å². The second kappa shape index (κ2) is 12.5. The maximum Gasteiger partial charge on any atom is 0.344 e. The van der Waals surface area contributed by atoms with E-state index in [1.807, 2.05) is 6.07 Å². The molecule has 4 rings (SSSR count). The van der Waals surface area contributed by atoms with E-state index < -0.39 is 33.1 Å². The van der Waals surface area contributed by atoms with Crippen LogP contribution in [0.2, 0.25) is 0 Å². The minimum Gasteiger partial charge on any atom is -0.462 e. The maximum absolute atomic E-state index is 13.5. The highest BCUT2D eigenvalue weighted by Gasteiger charge is 2.30. The van der Waals surface area contributed by atoms with E-state index in [1.165, 1.54) is 0 Å². The number of hydrogen-bond donors (Lipinski definition) is 1. The van der Waals surface area contributed by atoms with Gasteiger partial charge in [0.25, 0.3) is 17.3 Å². The predicted molar refractivity (Wildman–Crippen MR) is 152 cm³/mol. The minimum absolute atomic E-state index is 0.0151. The van der Waals surface area contributed by atoms with Gasteiger partial charge in [-0.15, -0.1) is 0 Å². The zero-order valence-electron chi connectivity index (χ0n) is 23.0. The molecule has 0 saturated heterocycles. The lowest BCUT2D eigenvalue weighted by Gasteiger charge is -2.19. The Labute approximate surface area is 234 Å². The van der Waals surface area contributed by atoms with Crippen LogP contribution in [-0.2, 0) is 11.3 Å². The number of anilines is 1. The number of carbonyl (C=O) groups is 2. The van der Waals surface area contributed by atoms with Crippen LogP contribution in [0.25, 0.3) is 22.2 Å². The molecule has 13 nitrogen and oxygen atoms in total. The molecule has 1 amide bonds. The van der Waals surface area contributed by atoms with Crippen molar-refractivity contribution in [2.45, 2.75) is 53.0 Å². The fourth-order valence-corrected chi connectivity index (χ4v) is 4.70. The molecule has 0 aliphatic carbocycles. The summed E-state index contributed by atoms with van der Waals surface area (Å²) in [6, 6.07) is 9.82. The summed E-state index contributed by atoms with van der Waals surface area (Å²) in [6.45, 7) is 6.25. The third kappa shape index (κ3) is 6.13. The number of unbranched alkanes of at least 4 members (excludes halogenated alkanes) is 1. The quantitative estimate of drug-likeness (QED) is 0.123. The number of nitro groups is 2. The fraction of sp³-hybridized carbons (Fsp3) is 0.357. The molecule has 0 spiro atoms. The smallest absolute Gasteiger partial charge is 0.344 e. The van der Waals surface area contributed by atoms with Gasteiger partial charge in [-0.25, -0.2) is 14.8 Å². The van der Waals surface area contributed by atoms with Crippen LogP contribution < -0.4 is 5.32 Å². The van der Waals surface area contributed by atoms with E-state index >= 15 is 0 Å². The van der Waals surface area contributed by atoms with Crippen molar-refractivity contribution >= 4 is 51.3 Å². The van der Waals surface area contributed by atoms with Crippen LogP contribution in [-0.4, -0.2) is 42.9 Å². The van der Waals surface area contributed by atoms with E-state index in [2.05, 4.69) is 19.2 Å². The highest BCUT2D eigenvalue weighted by atomic mass is 16.6. The minimum atomic E-state index is -0.877. The standard InChI is InChI=1S/C28H30N6O7/c1-4-7-10-17(5-2)16-32-25(31-27(35)18-13-19(33(37)38)15-20(14-18)34(39)40)23(28(36)41-6-3)24-26(32)30-22-12-9-8-11-21(22)29-24/h8-9,11-15,17H,4-7,10,16H2,1-3H3,(H,31,35)/t17-/m1/s1. The molecule has 0 aliphatic heterocycles. The molecule has 2 aromatic heterocycles. The van der Waals surface area contributed by atoms with Crippen molar-refractivity contribution < 1.29 is 24.2 Å². The number of benzene rings is 2. The average molecular weight is 563 g/mol. The molecule has 1 atom stereocenters. The molecule has 0 radical (unpaired) electrons. The van der Waals surface area contributed by atoms with Crippen molar-refractivity contribution in [2.24, 2.45) is 5.92 Å². The van der Waals surface area contributed by atoms with Crippen LogP contribution >= 0.6 is 0 Å². The van der Waals surface area contributed by atoms with Crippen molar-refractivity contribution in [2.75, 3.05) is 11.9 Å². The number of nitro benzene ring substituents is 2. The van der Waals surface area contributed by atoms with Gasteiger partial charge in [-0.3, -0.25) is 25.0 Å². The Bertz CT molecular complexity index is 1620. The van der Waals surface area contributed by atoms with Gasteiger partial charge in [-0.05, 0) is 31.4 Å². The van der Waals surface area contributed by atoms with E-state index in [-0.39, 0.29) is 35.0 Å². The highest BCUT2D eigenvalue weighted by Crippen LogP contribution is 2.33. The van der Waals surface area contributed by atoms with Crippen LogP contribution in [0.4, 0.5) is 17.2 Å². The molecule has 214 valence electrons. The summed E-state index contributed by atoms with van der Waals surface area (Å²) in [7, 11) is 0. The zero-order chi connectivity index (χ0) is 29.7. The van der Waals surface area contributed by atoms with E-state index in [1.54, 1.807) is 29.7 Å². The number of rotatable bonds is 12. The molecule has 0 fully saturated rings. The van der Waals surface area contributed by atoms with Gasteiger partial charge in [0.1, 0.15) is 16.9 Å². The number of fused-ring (bicyclic) bond motifs is 2. The first kappa shape index (κ1) is 29.1. The fourth-order valence-electron chi connectivity index (χ4n) is 4.70. The number of hydrogen-bond acceptors (Lipinski definition) is 9. The van der Waals surface area contributed by atoms with Crippen molar-refractivity contribution in [3.05, 3.63) is 73.8 Å². The number of carbonyl (C=O) groups excluding carboxylic acids is 2. The normalized spacial score (nSPS) is 11.9. The van der Waals surface area contributed by atoms with Crippen molar-refractivity contribution in [3.8, 4) is 0 Å². The number of aromatic nitrogens is 3. The summed E-state index contributed by atoms with van der Waals surface area (Å²) in [5.41, 5.74) is 0.150. The number of non-ortho nitro benzene ring substituents is 2. The number of nitrogens with one attached hydrogen (secondary N) is 1.